The van der Waals surface area contributed by atoms with Crippen molar-refractivity contribution in [3.05, 3.63) is 47.3 Å². The van der Waals surface area contributed by atoms with Gasteiger partial charge in [-0.25, -0.2) is 4.68 Å². The number of fused-ring (bicyclic) bond motifs is 1. The van der Waals surface area contributed by atoms with Gasteiger partial charge in [0.25, 0.3) is 5.91 Å². The first-order valence-corrected chi connectivity index (χ1v) is 9.90. The standard InChI is InChI=1S/C21H25N3O4/c25-20(22-13-17(21(26)27)14-9-11-28-12-10-14)19-16-7-4-8-18(16)24(23-19)15-5-2-1-3-6-15/h1-3,5-6,14,17H,4,7-13H2,(H,22,25)(H,26,27). The van der Waals surface area contributed by atoms with E-state index in [-0.39, 0.29) is 18.4 Å². The molecule has 2 aromatic rings. The number of hydrogen-bond acceptors (Lipinski definition) is 4. The van der Waals surface area contributed by atoms with Crippen molar-refractivity contribution in [3.63, 3.8) is 0 Å². The van der Waals surface area contributed by atoms with Gasteiger partial charge in [0.2, 0.25) is 0 Å². The predicted octanol–water partition coefficient (Wildman–Crippen LogP) is 2.22. The smallest absolute Gasteiger partial charge is 0.308 e. The Kier molecular flexibility index (Phi) is 5.43. The molecule has 2 aliphatic rings. The number of carbonyl (C=O) groups is 2. The molecule has 28 heavy (non-hydrogen) atoms. The molecule has 7 heteroatoms. The van der Waals surface area contributed by atoms with Crippen molar-refractivity contribution in [2.75, 3.05) is 19.8 Å². The van der Waals surface area contributed by atoms with Crippen LogP contribution in [-0.4, -0.2) is 46.5 Å². The van der Waals surface area contributed by atoms with Crippen LogP contribution in [-0.2, 0) is 22.4 Å². The molecule has 148 valence electrons. The van der Waals surface area contributed by atoms with Gasteiger partial charge in [-0.05, 0) is 50.2 Å². The number of benzene rings is 1. The van der Waals surface area contributed by atoms with Crippen molar-refractivity contribution in [2.45, 2.75) is 32.1 Å². The van der Waals surface area contributed by atoms with Crippen molar-refractivity contribution >= 4 is 11.9 Å². The van der Waals surface area contributed by atoms with Gasteiger partial charge in [0, 0.05) is 31.0 Å². The maximum absolute atomic E-state index is 12.9. The van der Waals surface area contributed by atoms with E-state index in [2.05, 4.69) is 10.4 Å². The third-order valence-electron chi connectivity index (χ3n) is 5.78. The Morgan fingerprint density at radius 3 is 2.68 bits per heavy atom. The van der Waals surface area contributed by atoms with E-state index in [1.54, 1.807) is 0 Å². The molecule has 1 unspecified atom stereocenters. The van der Waals surface area contributed by atoms with Crippen LogP contribution in [0.3, 0.4) is 0 Å². The first-order chi connectivity index (χ1) is 13.6. The zero-order valence-electron chi connectivity index (χ0n) is 15.8. The molecule has 0 saturated carbocycles. The van der Waals surface area contributed by atoms with E-state index in [9.17, 15) is 14.7 Å². The highest BCUT2D eigenvalue weighted by Gasteiger charge is 2.32. The predicted molar refractivity (Wildman–Crippen MR) is 103 cm³/mol. The zero-order chi connectivity index (χ0) is 19.5. The SMILES string of the molecule is O=C(NCC(C(=O)O)C1CCOCC1)c1nn(-c2ccccc2)c2c1CCC2. The average molecular weight is 383 g/mol. The summed E-state index contributed by atoms with van der Waals surface area (Å²) in [5.41, 5.74) is 3.42. The lowest BCUT2D eigenvalue weighted by Crippen LogP contribution is -2.39. The summed E-state index contributed by atoms with van der Waals surface area (Å²) in [4.78, 5) is 24.6. The average Bonchev–Trinajstić information content (AvgIpc) is 3.32. The lowest BCUT2D eigenvalue weighted by molar-refractivity contribution is -0.144. The molecule has 1 aromatic heterocycles. The van der Waals surface area contributed by atoms with Gasteiger partial charge in [0.15, 0.2) is 5.69 Å². The second-order valence-corrected chi connectivity index (χ2v) is 7.48. The van der Waals surface area contributed by atoms with Gasteiger partial charge in [-0.3, -0.25) is 9.59 Å². The maximum Gasteiger partial charge on any atom is 0.308 e. The third-order valence-corrected chi connectivity index (χ3v) is 5.78. The highest BCUT2D eigenvalue weighted by atomic mass is 16.5. The summed E-state index contributed by atoms with van der Waals surface area (Å²) in [5, 5.41) is 17.0. The molecule has 1 aliphatic carbocycles. The first kappa shape index (κ1) is 18.7. The number of aliphatic carboxylic acids is 1. The number of para-hydroxylation sites is 1. The molecule has 1 atom stereocenters. The van der Waals surface area contributed by atoms with Crippen LogP contribution in [0.4, 0.5) is 0 Å². The molecule has 0 spiro atoms. The number of aromatic nitrogens is 2. The molecule has 1 fully saturated rings. The number of nitrogens with one attached hydrogen (secondary N) is 1. The highest BCUT2D eigenvalue weighted by Crippen LogP contribution is 2.28. The number of nitrogens with zero attached hydrogens (tertiary/aromatic N) is 2. The first-order valence-electron chi connectivity index (χ1n) is 9.90. The number of carboxylic acids is 1. The molecular formula is C21H25N3O4. The minimum Gasteiger partial charge on any atom is -0.481 e. The molecule has 0 radical (unpaired) electrons. The number of carboxylic acid groups (broad SMARTS) is 1. The monoisotopic (exact) mass is 383 g/mol. The van der Waals surface area contributed by atoms with Crippen molar-refractivity contribution in [1.29, 1.82) is 0 Å². The summed E-state index contributed by atoms with van der Waals surface area (Å²) in [6, 6.07) is 9.79. The molecule has 2 N–H and O–H groups in total. The normalized spacial score (nSPS) is 17.9. The van der Waals surface area contributed by atoms with Crippen LogP contribution >= 0.6 is 0 Å². The van der Waals surface area contributed by atoms with Gasteiger partial charge in [-0.2, -0.15) is 5.10 Å². The second-order valence-electron chi connectivity index (χ2n) is 7.48. The summed E-state index contributed by atoms with van der Waals surface area (Å²) >= 11 is 0. The Labute approximate surface area is 163 Å². The highest BCUT2D eigenvalue weighted by molar-refractivity contribution is 5.94. The van der Waals surface area contributed by atoms with E-state index < -0.39 is 11.9 Å². The van der Waals surface area contributed by atoms with Gasteiger partial charge in [-0.15, -0.1) is 0 Å². The largest absolute Gasteiger partial charge is 0.481 e. The summed E-state index contributed by atoms with van der Waals surface area (Å²) in [7, 11) is 0. The van der Waals surface area contributed by atoms with Gasteiger partial charge < -0.3 is 15.2 Å². The molecule has 2 heterocycles. The molecule has 1 amide bonds. The number of hydrogen-bond donors (Lipinski definition) is 2. The number of ether oxygens (including phenoxy) is 1. The minimum absolute atomic E-state index is 0.0270. The van der Waals surface area contributed by atoms with Crippen molar-refractivity contribution < 1.29 is 19.4 Å². The minimum atomic E-state index is -0.868. The van der Waals surface area contributed by atoms with Crippen LogP contribution in [0.1, 0.15) is 41.0 Å². The molecular weight excluding hydrogens is 358 g/mol. The van der Waals surface area contributed by atoms with Gasteiger partial charge in [0.05, 0.1) is 11.6 Å². The number of amides is 1. The molecule has 1 aliphatic heterocycles. The van der Waals surface area contributed by atoms with Crippen LogP contribution in [0.15, 0.2) is 30.3 Å². The Hall–Kier alpha value is -2.67. The summed E-state index contributed by atoms with van der Waals surface area (Å²) < 4.78 is 7.18. The fourth-order valence-corrected chi connectivity index (χ4v) is 4.26. The molecule has 0 bridgehead atoms. The van der Waals surface area contributed by atoms with E-state index in [4.69, 9.17) is 4.74 Å². The van der Waals surface area contributed by atoms with Crippen molar-refractivity contribution in [2.24, 2.45) is 11.8 Å². The quantitative estimate of drug-likeness (QED) is 0.798. The van der Waals surface area contributed by atoms with E-state index >= 15 is 0 Å². The Morgan fingerprint density at radius 1 is 1.21 bits per heavy atom. The van der Waals surface area contributed by atoms with Crippen LogP contribution in [0.25, 0.3) is 5.69 Å². The zero-order valence-corrected chi connectivity index (χ0v) is 15.8. The lowest BCUT2D eigenvalue weighted by atomic mass is 9.86. The van der Waals surface area contributed by atoms with Gasteiger partial charge in [0.1, 0.15) is 0 Å². The Balaban J connectivity index is 1.51. The van der Waals surface area contributed by atoms with Gasteiger partial charge in [-0.1, -0.05) is 18.2 Å². The summed E-state index contributed by atoms with van der Waals surface area (Å²) in [5.74, 6) is -1.73. The molecule has 1 saturated heterocycles. The van der Waals surface area contributed by atoms with Gasteiger partial charge >= 0.3 is 5.97 Å². The Bertz CT molecular complexity index is 856. The van der Waals surface area contributed by atoms with Crippen molar-refractivity contribution in [3.8, 4) is 5.69 Å². The van der Waals surface area contributed by atoms with Crippen LogP contribution in [0.5, 0.6) is 0 Å². The van der Waals surface area contributed by atoms with Crippen LogP contribution < -0.4 is 5.32 Å². The van der Waals surface area contributed by atoms with E-state index in [0.717, 1.165) is 36.2 Å². The summed E-state index contributed by atoms with van der Waals surface area (Å²) in [6.07, 6.45) is 4.15. The fraction of sp³-hybridized carbons (Fsp3) is 0.476. The summed E-state index contributed by atoms with van der Waals surface area (Å²) in [6.45, 7) is 1.28. The van der Waals surface area contributed by atoms with E-state index in [0.29, 0.717) is 31.7 Å². The number of rotatable bonds is 6. The Morgan fingerprint density at radius 2 is 1.96 bits per heavy atom. The fourth-order valence-electron chi connectivity index (χ4n) is 4.26. The van der Waals surface area contributed by atoms with E-state index in [1.165, 1.54) is 0 Å². The third kappa shape index (κ3) is 3.67. The number of carbonyl (C=O) groups excluding carboxylic acids is 1. The molecule has 1 aromatic carbocycles. The van der Waals surface area contributed by atoms with E-state index in [1.807, 2.05) is 35.0 Å². The maximum atomic E-state index is 12.9. The van der Waals surface area contributed by atoms with Crippen LogP contribution in [0, 0.1) is 11.8 Å². The van der Waals surface area contributed by atoms with Crippen molar-refractivity contribution in [1.82, 2.24) is 15.1 Å². The molecule has 4 rings (SSSR count). The van der Waals surface area contributed by atoms with Crippen LogP contribution in [0.2, 0.25) is 0 Å². The topological polar surface area (TPSA) is 93.5 Å². The second kappa shape index (κ2) is 8.14. The lowest BCUT2D eigenvalue weighted by Gasteiger charge is -2.27. The molecule has 7 nitrogen and oxygen atoms in total.